The van der Waals surface area contributed by atoms with E-state index in [1.807, 2.05) is 25.1 Å². The Bertz CT molecular complexity index is 433. The normalized spacial score (nSPS) is 20.4. The molecule has 92 valence electrons. The number of halogens is 1. The highest BCUT2D eigenvalue weighted by Gasteiger charge is 2.23. The molecular weight excluding hydrogens is 282 g/mol. The summed E-state index contributed by atoms with van der Waals surface area (Å²) in [5, 5.41) is 9.59. The second kappa shape index (κ2) is 5.19. The van der Waals surface area contributed by atoms with Crippen LogP contribution in [0, 0.1) is 6.92 Å². The fourth-order valence-corrected chi connectivity index (χ4v) is 2.65. The number of piperidine rings is 1. The SMILES string of the molecule is Cc1cc(Br)ccc1C(=O)N1CCC[C@H](O)C1. The quantitative estimate of drug-likeness (QED) is 0.864. The Morgan fingerprint density at radius 1 is 1.53 bits per heavy atom. The number of likely N-dealkylation sites (tertiary alicyclic amines) is 1. The van der Waals surface area contributed by atoms with Crippen molar-refractivity contribution >= 4 is 21.8 Å². The van der Waals surface area contributed by atoms with Crippen molar-refractivity contribution < 1.29 is 9.90 Å². The molecule has 4 heteroatoms. The number of aliphatic hydroxyl groups is 1. The fraction of sp³-hybridized carbons (Fsp3) is 0.462. The molecule has 1 aliphatic heterocycles. The van der Waals surface area contributed by atoms with Gasteiger partial charge in [0.15, 0.2) is 0 Å². The molecule has 0 aromatic heterocycles. The number of amides is 1. The maximum Gasteiger partial charge on any atom is 0.254 e. The van der Waals surface area contributed by atoms with Gasteiger partial charge in [0.2, 0.25) is 0 Å². The molecule has 0 unspecified atom stereocenters. The van der Waals surface area contributed by atoms with E-state index in [0.717, 1.165) is 35.0 Å². The van der Waals surface area contributed by atoms with Crippen molar-refractivity contribution in [3.8, 4) is 0 Å². The smallest absolute Gasteiger partial charge is 0.254 e. The van der Waals surface area contributed by atoms with Crippen molar-refractivity contribution in [1.82, 2.24) is 4.90 Å². The highest BCUT2D eigenvalue weighted by molar-refractivity contribution is 9.10. The lowest BCUT2D eigenvalue weighted by Gasteiger charge is -2.30. The summed E-state index contributed by atoms with van der Waals surface area (Å²) < 4.78 is 0.977. The van der Waals surface area contributed by atoms with Gasteiger partial charge in [0.1, 0.15) is 0 Å². The van der Waals surface area contributed by atoms with Crippen molar-refractivity contribution in [1.29, 1.82) is 0 Å². The van der Waals surface area contributed by atoms with Crippen molar-refractivity contribution in [2.24, 2.45) is 0 Å². The third-order valence-corrected chi connectivity index (χ3v) is 3.60. The summed E-state index contributed by atoms with van der Waals surface area (Å²) in [7, 11) is 0. The van der Waals surface area contributed by atoms with Crippen LogP contribution >= 0.6 is 15.9 Å². The first-order chi connectivity index (χ1) is 8.08. The van der Waals surface area contributed by atoms with Gasteiger partial charge < -0.3 is 10.0 Å². The summed E-state index contributed by atoms with van der Waals surface area (Å²) in [5.41, 5.74) is 1.69. The zero-order chi connectivity index (χ0) is 12.4. The first kappa shape index (κ1) is 12.6. The van der Waals surface area contributed by atoms with Crippen LogP contribution < -0.4 is 0 Å². The number of aryl methyl sites for hydroxylation is 1. The summed E-state index contributed by atoms with van der Waals surface area (Å²) in [6, 6.07) is 5.65. The number of carbonyl (C=O) groups excluding carboxylic acids is 1. The van der Waals surface area contributed by atoms with Gasteiger partial charge in [-0.15, -0.1) is 0 Å². The summed E-state index contributed by atoms with van der Waals surface area (Å²) >= 11 is 3.39. The lowest BCUT2D eigenvalue weighted by molar-refractivity contribution is 0.0473. The molecule has 1 aliphatic rings. The monoisotopic (exact) mass is 297 g/mol. The topological polar surface area (TPSA) is 40.5 Å². The van der Waals surface area contributed by atoms with E-state index in [9.17, 15) is 9.90 Å². The molecule has 1 aromatic carbocycles. The van der Waals surface area contributed by atoms with E-state index in [-0.39, 0.29) is 12.0 Å². The van der Waals surface area contributed by atoms with Crippen LogP contribution in [0.15, 0.2) is 22.7 Å². The summed E-state index contributed by atoms with van der Waals surface area (Å²) in [4.78, 5) is 14.0. The molecule has 0 saturated carbocycles. The molecule has 1 amide bonds. The van der Waals surface area contributed by atoms with Gasteiger partial charge in [-0.25, -0.2) is 0 Å². The molecular formula is C13H16BrNO2. The Morgan fingerprint density at radius 3 is 2.94 bits per heavy atom. The molecule has 2 rings (SSSR count). The average Bonchev–Trinajstić information content (AvgIpc) is 2.28. The summed E-state index contributed by atoms with van der Waals surface area (Å²) in [6.45, 7) is 3.12. The molecule has 1 heterocycles. The van der Waals surface area contributed by atoms with Gasteiger partial charge in [-0.2, -0.15) is 0 Å². The Kier molecular flexibility index (Phi) is 3.84. The van der Waals surface area contributed by atoms with Crippen molar-refractivity contribution in [3.63, 3.8) is 0 Å². The molecule has 1 saturated heterocycles. The maximum atomic E-state index is 12.3. The maximum absolute atomic E-state index is 12.3. The minimum Gasteiger partial charge on any atom is -0.391 e. The molecule has 0 bridgehead atoms. The third kappa shape index (κ3) is 2.87. The summed E-state index contributed by atoms with van der Waals surface area (Å²) in [6.07, 6.45) is 1.30. The molecule has 0 aliphatic carbocycles. The van der Waals surface area contributed by atoms with E-state index in [1.54, 1.807) is 4.90 Å². The first-order valence-electron chi connectivity index (χ1n) is 5.81. The number of hydrogen-bond acceptors (Lipinski definition) is 2. The van der Waals surface area contributed by atoms with Crippen LogP contribution in [0.3, 0.4) is 0 Å². The van der Waals surface area contributed by atoms with Crippen LogP contribution in [0.2, 0.25) is 0 Å². The van der Waals surface area contributed by atoms with Gasteiger partial charge in [-0.1, -0.05) is 15.9 Å². The average molecular weight is 298 g/mol. The molecule has 1 fully saturated rings. The summed E-state index contributed by atoms with van der Waals surface area (Å²) in [5.74, 6) is 0.0220. The first-order valence-corrected chi connectivity index (χ1v) is 6.60. The Hall–Kier alpha value is -0.870. The van der Waals surface area contributed by atoms with E-state index in [1.165, 1.54) is 0 Å². The van der Waals surface area contributed by atoms with Crippen LogP contribution in [-0.4, -0.2) is 35.1 Å². The Labute approximate surface area is 110 Å². The van der Waals surface area contributed by atoms with Gasteiger partial charge in [-0.05, 0) is 43.5 Å². The second-order valence-corrected chi connectivity index (χ2v) is 5.42. The van der Waals surface area contributed by atoms with Crippen LogP contribution in [-0.2, 0) is 0 Å². The number of hydrogen-bond donors (Lipinski definition) is 1. The highest BCUT2D eigenvalue weighted by atomic mass is 79.9. The lowest BCUT2D eigenvalue weighted by Crippen LogP contribution is -2.42. The predicted octanol–water partition coefficient (Wildman–Crippen LogP) is 2.35. The molecule has 0 spiro atoms. The molecule has 1 N–H and O–H groups in total. The molecule has 1 aromatic rings. The number of nitrogens with zero attached hydrogens (tertiary/aromatic N) is 1. The fourth-order valence-electron chi connectivity index (χ4n) is 2.18. The minimum absolute atomic E-state index is 0.0220. The van der Waals surface area contributed by atoms with E-state index in [0.29, 0.717) is 6.54 Å². The van der Waals surface area contributed by atoms with Crippen molar-refractivity contribution in [2.45, 2.75) is 25.9 Å². The lowest BCUT2D eigenvalue weighted by atomic mass is 10.0. The number of benzene rings is 1. The molecule has 1 atom stereocenters. The standard InChI is InChI=1S/C13H16BrNO2/c1-9-7-10(14)4-5-12(9)13(17)15-6-2-3-11(16)8-15/h4-5,7,11,16H,2-3,6,8H2,1H3/t11-/m0/s1. The minimum atomic E-state index is -0.372. The van der Waals surface area contributed by atoms with E-state index in [2.05, 4.69) is 15.9 Å². The van der Waals surface area contributed by atoms with E-state index in [4.69, 9.17) is 0 Å². The number of β-amino-alcohol motifs (C(OH)–C–C–N with tert-alkyl or cyclic N) is 1. The second-order valence-electron chi connectivity index (χ2n) is 4.51. The van der Waals surface area contributed by atoms with Gasteiger partial charge in [0, 0.05) is 23.1 Å². The van der Waals surface area contributed by atoms with E-state index < -0.39 is 0 Å². The van der Waals surface area contributed by atoms with Crippen molar-refractivity contribution in [2.75, 3.05) is 13.1 Å². The Balaban J connectivity index is 2.18. The Morgan fingerprint density at radius 2 is 2.29 bits per heavy atom. The molecule has 0 radical (unpaired) electrons. The van der Waals surface area contributed by atoms with Crippen LogP contribution in [0.1, 0.15) is 28.8 Å². The predicted molar refractivity (Wildman–Crippen MR) is 70.0 cm³/mol. The van der Waals surface area contributed by atoms with Gasteiger partial charge >= 0.3 is 0 Å². The number of aliphatic hydroxyl groups excluding tert-OH is 1. The zero-order valence-corrected chi connectivity index (χ0v) is 11.4. The highest BCUT2D eigenvalue weighted by Crippen LogP contribution is 2.19. The number of rotatable bonds is 1. The third-order valence-electron chi connectivity index (χ3n) is 3.10. The number of carbonyl (C=O) groups is 1. The van der Waals surface area contributed by atoms with Crippen LogP contribution in [0.4, 0.5) is 0 Å². The molecule has 3 nitrogen and oxygen atoms in total. The van der Waals surface area contributed by atoms with Gasteiger partial charge in [0.25, 0.3) is 5.91 Å². The van der Waals surface area contributed by atoms with Crippen LogP contribution in [0.25, 0.3) is 0 Å². The molecule has 17 heavy (non-hydrogen) atoms. The van der Waals surface area contributed by atoms with E-state index >= 15 is 0 Å². The van der Waals surface area contributed by atoms with Crippen LogP contribution in [0.5, 0.6) is 0 Å². The zero-order valence-electron chi connectivity index (χ0n) is 9.82. The largest absolute Gasteiger partial charge is 0.391 e. The van der Waals surface area contributed by atoms with Gasteiger partial charge in [-0.3, -0.25) is 4.79 Å². The van der Waals surface area contributed by atoms with Gasteiger partial charge in [0.05, 0.1) is 6.10 Å². The van der Waals surface area contributed by atoms with Crippen molar-refractivity contribution in [3.05, 3.63) is 33.8 Å².